The van der Waals surface area contributed by atoms with Gasteiger partial charge in [0.25, 0.3) is 0 Å². The number of nitro benzene ring substituents is 1. The van der Waals surface area contributed by atoms with Crippen LogP contribution in [0.15, 0.2) is 47.4 Å². The molecule has 2 aromatic rings. The molecule has 1 fully saturated rings. The van der Waals surface area contributed by atoms with E-state index in [-0.39, 0.29) is 28.9 Å². The zero-order valence-electron chi connectivity index (χ0n) is 14.6. The van der Waals surface area contributed by atoms with E-state index in [9.17, 15) is 18.5 Å². The topological polar surface area (TPSA) is 89.8 Å². The molecule has 0 radical (unpaired) electrons. The van der Waals surface area contributed by atoms with Crippen molar-refractivity contribution in [3.8, 4) is 5.75 Å². The molecular weight excluding hydrogens is 356 g/mol. The molecule has 138 valence electrons. The van der Waals surface area contributed by atoms with Crippen LogP contribution in [0, 0.1) is 17.0 Å². The highest BCUT2D eigenvalue weighted by molar-refractivity contribution is 7.89. The molecule has 1 saturated carbocycles. The highest BCUT2D eigenvalue weighted by Gasteiger charge is 2.38. The number of ether oxygens (including phenoxy) is 1. The highest BCUT2D eigenvalue weighted by Crippen LogP contribution is 2.36. The predicted molar refractivity (Wildman–Crippen MR) is 96.6 cm³/mol. The van der Waals surface area contributed by atoms with Gasteiger partial charge >= 0.3 is 5.69 Å². The first-order valence-corrected chi connectivity index (χ1v) is 9.67. The fourth-order valence-corrected chi connectivity index (χ4v) is 4.45. The van der Waals surface area contributed by atoms with Crippen LogP contribution in [0.2, 0.25) is 0 Å². The van der Waals surface area contributed by atoms with Crippen LogP contribution >= 0.6 is 0 Å². The van der Waals surface area contributed by atoms with Crippen molar-refractivity contribution in [2.45, 2.75) is 37.2 Å². The number of methoxy groups -OCH3 is 1. The first-order valence-electron chi connectivity index (χ1n) is 8.23. The Morgan fingerprint density at radius 1 is 1.19 bits per heavy atom. The van der Waals surface area contributed by atoms with Crippen LogP contribution in [0.5, 0.6) is 5.75 Å². The minimum Gasteiger partial charge on any atom is -0.490 e. The summed E-state index contributed by atoms with van der Waals surface area (Å²) in [7, 11) is -2.54. The summed E-state index contributed by atoms with van der Waals surface area (Å²) in [6.45, 7) is 2.21. The first-order chi connectivity index (χ1) is 12.3. The number of aryl methyl sites for hydroxylation is 1. The molecule has 1 aliphatic carbocycles. The zero-order chi connectivity index (χ0) is 18.9. The van der Waals surface area contributed by atoms with Crippen LogP contribution in [0.25, 0.3) is 0 Å². The number of nitro groups is 1. The molecule has 0 heterocycles. The molecule has 7 nitrogen and oxygen atoms in total. The van der Waals surface area contributed by atoms with Crippen LogP contribution in [0.1, 0.15) is 24.0 Å². The Bertz CT molecular complexity index is 921. The maximum absolute atomic E-state index is 13.1. The van der Waals surface area contributed by atoms with Crippen molar-refractivity contribution in [3.05, 3.63) is 63.7 Å². The molecule has 0 amide bonds. The van der Waals surface area contributed by atoms with Crippen molar-refractivity contribution < 1.29 is 18.1 Å². The summed E-state index contributed by atoms with van der Waals surface area (Å²) in [5.41, 5.74) is 1.62. The van der Waals surface area contributed by atoms with E-state index in [4.69, 9.17) is 4.74 Å². The lowest BCUT2D eigenvalue weighted by molar-refractivity contribution is -0.386. The summed E-state index contributed by atoms with van der Waals surface area (Å²) in [5.74, 6) is 0.0328. The van der Waals surface area contributed by atoms with Gasteiger partial charge in [-0.2, -0.15) is 4.31 Å². The minimum absolute atomic E-state index is 0.0328. The van der Waals surface area contributed by atoms with E-state index in [2.05, 4.69) is 0 Å². The molecule has 0 N–H and O–H groups in total. The Hall–Kier alpha value is -2.45. The third-order valence-electron chi connectivity index (χ3n) is 4.37. The average Bonchev–Trinajstić information content (AvgIpc) is 3.45. The van der Waals surface area contributed by atoms with E-state index in [1.165, 1.54) is 23.5 Å². The second-order valence-electron chi connectivity index (χ2n) is 6.36. The molecule has 0 aliphatic heterocycles. The van der Waals surface area contributed by atoms with E-state index in [0.717, 1.165) is 30.0 Å². The normalized spacial score (nSPS) is 14.4. The van der Waals surface area contributed by atoms with Crippen molar-refractivity contribution in [1.29, 1.82) is 0 Å². The molecule has 0 unspecified atom stereocenters. The highest BCUT2D eigenvalue weighted by atomic mass is 32.2. The van der Waals surface area contributed by atoms with Gasteiger partial charge in [0.2, 0.25) is 10.0 Å². The van der Waals surface area contributed by atoms with Crippen molar-refractivity contribution >= 4 is 15.7 Å². The lowest BCUT2D eigenvalue weighted by atomic mass is 10.1. The van der Waals surface area contributed by atoms with Gasteiger partial charge in [0.15, 0.2) is 5.75 Å². The van der Waals surface area contributed by atoms with E-state index < -0.39 is 14.9 Å². The van der Waals surface area contributed by atoms with E-state index >= 15 is 0 Å². The van der Waals surface area contributed by atoms with Crippen LogP contribution in [0.3, 0.4) is 0 Å². The summed E-state index contributed by atoms with van der Waals surface area (Å²) in [5, 5.41) is 11.2. The van der Waals surface area contributed by atoms with Gasteiger partial charge in [-0.3, -0.25) is 10.1 Å². The predicted octanol–water partition coefficient (Wildman–Crippen LogP) is 3.27. The van der Waals surface area contributed by atoms with Gasteiger partial charge in [0.1, 0.15) is 0 Å². The Morgan fingerprint density at radius 2 is 1.85 bits per heavy atom. The number of rotatable bonds is 7. The van der Waals surface area contributed by atoms with Crippen molar-refractivity contribution in [3.63, 3.8) is 0 Å². The summed E-state index contributed by atoms with van der Waals surface area (Å²) in [4.78, 5) is 10.5. The van der Waals surface area contributed by atoms with Crippen LogP contribution in [-0.2, 0) is 16.6 Å². The molecule has 3 rings (SSSR count). The van der Waals surface area contributed by atoms with Gasteiger partial charge in [-0.1, -0.05) is 29.8 Å². The van der Waals surface area contributed by atoms with Gasteiger partial charge in [0, 0.05) is 18.7 Å². The van der Waals surface area contributed by atoms with Crippen LogP contribution in [0.4, 0.5) is 5.69 Å². The molecule has 0 bridgehead atoms. The first kappa shape index (κ1) is 18.3. The summed E-state index contributed by atoms with van der Waals surface area (Å²) in [6.07, 6.45) is 1.59. The average molecular weight is 376 g/mol. The Balaban J connectivity index is 1.97. The van der Waals surface area contributed by atoms with Gasteiger partial charge in [-0.15, -0.1) is 0 Å². The maximum Gasteiger partial charge on any atom is 0.312 e. The molecule has 0 spiro atoms. The number of benzene rings is 2. The lowest BCUT2D eigenvalue weighted by Crippen LogP contribution is -2.32. The molecule has 26 heavy (non-hydrogen) atoms. The minimum atomic E-state index is -3.85. The fourth-order valence-electron chi connectivity index (χ4n) is 2.75. The quantitative estimate of drug-likeness (QED) is 0.546. The second kappa shape index (κ2) is 7.05. The second-order valence-corrected chi connectivity index (χ2v) is 8.25. The van der Waals surface area contributed by atoms with Crippen molar-refractivity contribution in [1.82, 2.24) is 4.31 Å². The molecule has 1 aliphatic rings. The third-order valence-corrected chi connectivity index (χ3v) is 6.26. The molecule has 0 aromatic heterocycles. The number of nitrogens with zero attached hydrogens (tertiary/aromatic N) is 2. The summed E-state index contributed by atoms with van der Waals surface area (Å²) >= 11 is 0. The number of sulfonamides is 1. The van der Waals surface area contributed by atoms with Gasteiger partial charge in [-0.05, 0) is 37.5 Å². The Kier molecular flexibility index (Phi) is 4.97. The largest absolute Gasteiger partial charge is 0.490 e. The molecule has 2 aromatic carbocycles. The SMILES string of the molecule is COc1ccc(S(=O)(=O)N(Cc2ccc(C)cc2)C2CC2)cc1[N+](=O)[O-]. The third kappa shape index (κ3) is 3.71. The van der Waals surface area contributed by atoms with Gasteiger partial charge in [0.05, 0.1) is 16.9 Å². The Labute approximate surface area is 152 Å². The van der Waals surface area contributed by atoms with Gasteiger partial charge in [-0.25, -0.2) is 8.42 Å². The summed E-state index contributed by atoms with van der Waals surface area (Å²) in [6, 6.07) is 11.3. The van der Waals surface area contributed by atoms with E-state index in [0.29, 0.717) is 0 Å². The van der Waals surface area contributed by atoms with Crippen molar-refractivity contribution in [2.24, 2.45) is 0 Å². The smallest absolute Gasteiger partial charge is 0.312 e. The Morgan fingerprint density at radius 3 is 2.38 bits per heavy atom. The number of hydrogen-bond acceptors (Lipinski definition) is 5. The van der Waals surface area contributed by atoms with Crippen molar-refractivity contribution in [2.75, 3.05) is 7.11 Å². The lowest BCUT2D eigenvalue weighted by Gasteiger charge is -2.22. The van der Waals surface area contributed by atoms with Crippen LogP contribution < -0.4 is 4.74 Å². The van der Waals surface area contributed by atoms with E-state index in [1.54, 1.807) is 0 Å². The molecule has 0 atom stereocenters. The number of hydrogen-bond donors (Lipinski definition) is 0. The van der Waals surface area contributed by atoms with Gasteiger partial charge < -0.3 is 4.74 Å². The zero-order valence-corrected chi connectivity index (χ0v) is 15.4. The standard InChI is InChI=1S/C18H20N2O5S/c1-13-3-5-14(6-4-13)12-19(15-7-8-15)26(23,24)16-9-10-18(25-2)17(11-16)20(21)22/h3-6,9-11,15H,7-8,12H2,1-2H3. The fraction of sp³-hybridized carbons (Fsp3) is 0.333. The molecule has 0 saturated heterocycles. The summed E-state index contributed by atoms with van der Waals surface area (Å²) < 4.78 is 32.6. The van der Waals surface area contributed by atoms with Crippen LogP contribution in [-0.4, -0.2) is 30.8 Å². The monoisotopic (exact) mass is 376 g/mol. The molecular formula is C18H20N2O5S. The van der Waals surface area contributed by atoms with E-state index in [1.807, 2.05) is 31.2 Å². The molecule has 8 heteroatoms. The maximum atomic E-state index is 13.1.